The van der Waals surface area contributed by atoms with E-state index in [1.54, 1.807) is 22.8 Å². The van der Waals surface area contributed by atoms with Crippen LogP contribution in [0.25, 0.3) is 11.1 Å². The van der Waals surface area contributed by atoms with Crippen LogP contribution in [0.3, 0.4) is 0 Å². The topological polar surface area (TPSA) is 76.7 Å². The Labute approximate surface area is 191 Å². The Balaban J connectivity index is 1.30. The number of halogens is 1. The number of aryl methyl sites for hydroxylation is 1. The number of benzene rings is 2. The number of hydrogen-bond donors (Lipinski definition) is 1. The molecule has 0 spiro atoms. The molecular formula is C25H28FN3O4. The van der Waals surface area contributed by atoms with Crippen LogP contribution in [0.15, 0.2) is 51.7 Å². The molecule has 0 bridgehead atoms. The highest BCUT2D eigenvalue weighted by Crippen LogP contribution is 2.40. The van der Waals surface area contributed by atoms with Crippen molar-refractivity contribution in [3.8, 4) is 0 Å². The summed E-state index contributed by atoms with van der Waals surface area (Å²) in [5.41, 5.74) is 2.87. The van der Waals surface area contributed by atoms with Crippen molar-refractivity contribution in [3.63, 3.8) is 0 Å². The van der Waals surface area contributed by atoms with Crippen molar-refractivity contribution in [1.29, 1.82) is 0 Å². The number of amides is 1. The summed E-state index contributed by atoms with van der Waals surface area (Å²) in [6.07, 6.45) is 1.70. The zero-order chi connectivity index (χ0) is 22.9. The Morgan fingerprint density at radius 1 is 1.21 bits per heavy atom. The number of nitrogens with zero attached hydrogens (tertiary/aromatic N) is 2. The van der Waals surface area contributed by atoms with Gasteiger partial charge < -0.3 is 14.5 Å². The predicted molar refractivity (Wildman–Crippen MR) is 123 cm³/mol. The molecule has 2 saturated heterocycles. The van der Waals surface area contributed by atoms with E-state index in [9.17, 15) is 14.0 Å². The first-order valence-electron chi connectivity index (χ1n) is 11.5. The van der Waals surface area contributed by atoms with Gasteiger partial charge in [-0.1, -0.05) is 19.1 Å². The van der Waals surface area contributed by atoms with E-state index in [0.29, 0.717) is 31.0 Å². The van der Waals surface area contributed by atoms with Crippen molar-refractivity contribution in [2.24, 2.45) is 5.92 Å². The molecule has 0 unspecified atom stereocenters. The number of fused-ring (bicyclic) bond motifs is 2. The normalized spacial score (nSPS) is 23.0. The van der Waals surface area contributed by atoms with Crippen LogP contribution in [-0.2, 0) is 16.1 Å². The molecule has 1 amide bonds. The van der Waals surface area contributed by atoms with Crippen molar-refractivity contribution < 1.29 is 18.3 Å². The van der Waals surface area contributed by atoms with E-state index in [4.69, 9.17) is 9.15 Å². The van der Waals surface area contributed by atoms with E-state index < -0.39 is 0 Å². The number of ether oxygens (including phenoxy) is 1. The average Bonchev–Trinajstić information content (AvgIpc) is 3.32. The van der Waals surface area contributed by atoms with Gasteiger partial charge >= 0.3 is 5.76 Å². The minimum atomic E-state index is -0.384. The number of likely N-dealkylation sites (tertiary alicyclic amines) is 1. The van der Waals surface area contributed by atoms with E-state index >= 15 is 0 Å². The minimum Gasteiger partial charge on any atom is -0.408 e. The van der Waals surface area contributed by atoms with Gasteiger partial charge in [-0.2, -0.15) is 0 Å². The van der Waals surface area contributed by atoms with Gasteiger partial charge in [0.05, 0.1) is 18.7 Å². The molecule has 5 rings (SSSR count). The van der Waals surface area contributed by atoms with Gasteiger partial charge in [0.15, 0.2) is 5.58 Å². The molecule has 0 saturated carbocycles. The van der Waals surface area contributed by atoms with Gasteiger partial charge in [0.1, 0.15) is 5.82 Å². The molecule has 3 atom stereocenters. The predicted octanol–water partition coefficient (Wildman–Crippen LogP) is 3.59. The monoisotopic (exact) mass is 453 g/mol. The fraction of sp³-hybridized carbons (Fsp3) is 0.440. The van der Waals surface area contributed by atoms with Gasteiger partial charge in [0.2, 0.25) is 5.91 Å². The molecule has 0 aliphatic carbocycles. The SMILES string of the molecule is CCCn1c(=O)oc2cc(NC(=O)CN3C[C@H](c4ccc(F)cc4)[C@H]4COCC[C@H]43)ccc21. The molecular weight excluding hydrogens is 425 g/mol. The van der Waals surface area contributed by atoms with Crippen LogP contribution in [0.4, 0.5) is 10.1 Å². The standard InChI is InChI=1S/C25H28FN3O4/c1-2-10-29-22-8-7-18(12-23(22)33-25(29)31)27-24(30)14-28-13-19(16-3-5-17(26)6-4-16)20-15-32-11-9-21(20)28/h3-8,12,19-21H,2,9-11,13-15H2,1H3,(H,27,30)/t19-,20-,21-/m1/s1. The molecule has 2 fully saturated rings. The summed E-state index contributed by atoms with van der Waals surface area (Å²) in [6.45, 7) is 4.91. The number of carbonyl (C=O) groups excluding carboxylic acids is 1. The summed E-state index contributed by atoms with van der Waals surface area (Å²) in [4.78, 5) is 27.2. The Morgan fingerprint density at radius 3 is 2.82 bits per heavy atom. The Bertz CT molecular complexity index is 1200. The lowest BCUT2D eigenvalue weighted by Gasteiger charge is -2.32. The number of nitrogens with one attached hydrogen (secondary N) is 1. The van der Waals surface area contributed by atoms with Crippen LogP contribution in [0, 0.1) is 11.7 Å². The number of hydrogen-bond acceptors (Lipinski definition) is 5. The molecule has 2 aliphatic rings. The van der Waals surface area contributed by atoms with Crippen LogP contribution in [0.2, 0.25) is 0 Å². The molecule has 33 heavy (non-hydrogen) atoms. The third kappa shape index (κ3) is 4.32. The van der Waals surface area contributed by atoms with Crippen molar-refractivity contribution in [2.45, 2.75) is 38.3 Å². The summed E-state index contributed by atoms with van der Waals surface area (Å²) < 4.78 is 26.1. The fourth-order valence-electron chi connectivity index (χ4n) is 5.32. The lowest BCUT2D eigenvalue weighted by atomic mass is 9.84. The molecule has 2 aliphatic heterocycles. The second kappa shape index (κ2) is 9.11. The summed E-state index contributed by atoms with van der Waals surface area (Å²) in [6, 6.07) is 12.2. The Morgan fingerprint density at radius 2 is 2.03 bits per heavy atom. The van der Waals surface area contributed by atoms with Crippen LogP contribution >= 0.6 is 0 Å². The van der Waals surface area contributed by atoms with E-state index in [2.05, 4.69) is 10.2 Å². The maximum Gasteiger partial charge on any atom is 0.419 e. The smallest absolute Gasteiger partial charge is 0.408 e. The first-order valence-corrected chi connectivity index (χ1v) is 11.5. The number of anilines is 1. The van der Waals surface area contributed by atoms with Crippen molar-refractivity contribution in [3.05, 3.63) is 64.4 Å². The third-order valence-electron chi connectivity index (χ3n) is 6.82. The van der Waals surface area contributed by atoms with Crippen molar-refractivity contribution >= 4 is 22.7 Å². The molecule has 8 heteroatoms. The van der Waals surface area contributed by atoms with Crippen LogP contribution in [0.1, 0.15) is 31.2 Å². The summed E-state index contributed by atoms with van der Waals surface area (Å²) in [7, 11) is 0. The summed E-state index contributed by atoms with van der Waals surface area (Å²) in [5, 5.41) is 2.95. The van der Waals surface area contributed by atoms with Gasteiger partial charge in [-0.25, -0.2) is 9.18 Å². The first kappa shape index (κ1) is 21.9. The maximum absolute atomic E-state index is 13.4. The van der Waals surface area contributed by atoms with E-state index in [1.807, 2.05) is 19.1 Å². The number of carbonyl (C=O) groups is 1. The molecule has 3 aromatic rings. The quantitative estimate of drug-likeness (QED) is 0.617. The van der Waals surface area contributed by atoms with Crippen LogP contribution in [0.5, 0.6) is 0 Å². The first-order chi connectivity index (χ1) is 16.0. The molecule has 3 heterocycles. The Kier molecular flexibility index (Phi) is 6.03. The maximum atomic E-state index is 13.4. The Hall–Kier alpha value is -2.97. The average molecular weight is 454 g/mol. The molecule has 174 valence electrons. The van der Waals surface area contributed by atoms with Gasteiger partial charge in [0, 0.05) is 49.3 Å². The molecule has 1 aromatic heterocycles. The van der Waals surface area contributed by atoms with Crippen molar-refractivity contribution in [1.82, 2.24) is 9.47 Å². The van der Waals surface area contributed by atoms with Crippen LogP contribution < -0.4 is 11.1 Å². The lowest BCUT2D eigenvalue weighted by molar-refractivity contribution is -0.118. The van der Waals surface area contributed by atoms with Gasteiger partial charge in [-0.3, -0.25) is 14.3 Å². The second-order valence-corrected chi connectivity index (χ2v) is 8.93. The van der Waals surface area contributed by atoms with Gasteiger partial charge in [-0.05, 0) is 42.7 Å². The molecule has 7 nitrogen and oxygen atoms in total. The van der Waals surface area contributed by atoms with E-state index in [0.717, 1.165) is 30.5 Å². The third-order valence-corrected chi connectivity index (χ3v) is 6.82. The number of rotatable bonds is 6. The molecule has 2 aromatic carbocycles. The van der Waals surface area contributed by atoms with Crippen LogP contribution in [-0.4, -0.2) is 47.7 Å². The zero-order valence-electron chi connectivity index (χ0n) is 18.6. The minimum absolute atomic E-state index is 0.116. The lowest BCUT2D eigenvalue weighted by Crippen LogP contribution is -2.42. The number of oxazole rings is 1. The summed E-state index contributed by atoms with van der Waals surface area (Å²) in [5.74, 6) is -0.268. The van der Waals surface area contributed by atoms with Crippen molar-refractivity contribution in [2.75, 3.05) is 31.6 Å². The number of aromatic nitrogens is 1. The zero-order valence-corrected chi connectivity index (χ0v) is 18.6. The van der Waals surface area contributed by atoms with E-state index in [-0.39, 0.29) is 41.9 Å². The highest BCUT2D eigenvalue weighted by Gasteiger charge is 2.44. The fourth-order valence-corrected chi connectivity index (χ4v) is 5.32. The van der Waals surface area contributed by atoms with E-state index in [1.165, 1.54) is 12.1 Å². The highest BCUT2D eigenvalue weighted by molar-refractivity contribution is 5.94. The second-order valence-electron chi connectivity index (χ2n) is 8.93. The highest BCUT2D eigenvalue weighted by atomic mass is 19.1. The van der Waals surface area contributed by atoms with Gasteiger partial charge in [-0.15, -0.1) is 0 Å². The summed E-state index contributed by atoms with van der Waals surface area (Å²) >= 11 is 0. The molecule has 0 radical (unpaired) electrons. The molecule has 1 N–H and O–H groups in total. The van der Waals surface area contributed by atoms with Gasteiger partial charge in [0.25, 0.3) is 0 Å². The largest absolute Gasteiger partial charge is 0.419 e.